The predicted molar refractivity (Wildman–Crippen MR) is 82.9 cm³/mol. The van der Waals surface area contributed by atoms with Gasteiger partial charge in [0.1, 0.15) is 23.6 Å². The monoisotopic (exact) mass is 301 g/mol. The molecule has 6 heteroatoms. The maximum Gasteiger partial charge on any atom is 0.140 e. The number of aromatic nitrogens is 2. The van der Waals surface area contributed by atoms with Crippen molar-refractivity contribution >= 4 is 16.6 Å². The van der Waals surface area contributed by atoms with Gasteiger partial charge in [-0.05, 0) is 42.5 Å². The van der Waals surface area contributed by atoms with E-state index >= 15 is 0 Å². The third-order valence-corrected chi connectivity index (χ3v) is 3.29. The highest BCUT2D eigenvalue weighted by molar-refractivity contribution is 5.95. The van der Waals surface area contributed by atoms with Crippen LogP contribution in [0.25, 0.3) is 22.2 Å². The Morgan fingerprint density at radius 3 is 2.64 bits per heavy atom. The van der Waals surface area contributed by atoms with E-state index in [0.29, 0.717) is 24.6 Å². The number of hydrogen-bond donors (Lipinski definition) is 1. The van der Waals surface area contributed by atoms with Crippen LogP contribution in [0.4, 0.5) is 10.1 Å². The van der Waals surface area contributed by atoms with Gasteiger partial charge in [-0.2, -0.15) is 0 Å². The molecule has 0 saturated heterocycles. The van der Waals surface area contributed by atoms with Gasteiger partial charge in [0.15, 0.2) is 0 Å². The summed E-state index contributed by atoms with van der Waals surface area (Å²) in [4.78, 5) is 7.04. The zero-order valence-electron chi connectivity index (χ0n) is 12.1. The molecule has 0 amide bonds. The molecule has 0 bridgehead atoms. The molecule has 2 N–H and O–H groups in total. The van der Waals surface area contributed by atoms with Gasteiger partial charge in [-0.3, -0.25) is 0 Å². The summed E-state index contributed by atoms with van der Waals surface area (Å²) >= 11 is 0. The average Bonchev–Trinajstić information content (AvgIpc) is 2.86. The van der Waals surface area contributed by atoms with Crippen LogP contribution in [0.5, 0.6) is 0 Å². The first-order valence-electron chi connectivity index (χ1n) is 6.85. The van der Waals surface area contributed by atoms with Crippen LogP contribution in [0.15, 0.2) is 42.5 Å². The molecule has 114 valence electrons. The zero-order valence-corrected chi connectivity index (χ0v) is 12.1. The molecule has 5 nitrogen and oxygen atoms in total. The van der Waals surface area contributed by atoms with E-state index in [0.717, 1.165) is 16.5 Å². The molecular weight excluding hydrogens is 285 g/mol. The summed E-state index contributed by atoms with van der Waals surface area (Å²) < 4.78 is 18.1. The Kier molecular flexibility index (Phi) is 3.93. The van der Waals surface area contributed by atoms with E-state index in [1.165, 1.54) is 17.0 Å². The molecule has 0 fully saturated rings. The number of nitrogens with two attached hydrogens (primary N) is 1. The Labute approximate surface area is 127 Å². The number of nitrogen functional groups attached to an aromatic ring is 1. The summed E-state index contributed by atoms with van der Waals surface area (Å²) in [5.41, 5.74) is 8.79. The minimum Gasteiger partial charge on any atom is -0.399 e. The minimum atomic E-state index is -0.289. The van der Waals surface area contributed by atoms with Crippen LogP contribution in [0.2, 0.25) is 0 Å². The van der Waals surface area contributed by atoms with Crippen LogP contribution < -0.4 is 10.6 Å². The van der Waals surface area contributed by atoms with E-state index < -0.39 is 0 Å². The lowest BCUT2D eigenvalue weighted by Gasteiger charge is -2.05. The van der Waals surface area contributed by atoms with E-state index in [1.807, 2.05) is 12.1 Å². The number of nitrogens with zero attached hydrogens (tertiary/aromatic N) is 2. The Morgan fingerprint density at radius 1 is 1.14 bits per heavy atom. The maximum atomic E-state index is 13.1. The summed E-state index contributed by atoms with van der Waals surface area (Å²) in [6.07, 6.45) is 0. The summed E-state index contributed by atoms with van der Waals surface area (Å²) in [6.45, 7) is 0.836. The Morgan fingerprint density at radius 2 is 1.91 bits per heavy atom. The third kappa shape index (κ3) is 2.73. The SMILES string of the molecule is COCCOn1nc(-c2ccc(F)cc2)c2cc(N)ccc21. The van der Waals surface area contributed by atoms with E-state index in [-0.39, 0.29) is 5.82 Å². The average molecular weight is 301 g/mol. The highest BCUT2D eigenvalue weighted by Gasteiger charge is 2.13. The number of anilines is 1. The first kappa shape index (κ1) is 14.3. The summed E-state index contributed by atoms with van der Waals surface area (Å²) in [6, 6.07) is 11.6. The Hall–Kier alpha value is -2.60. The number of hydrogen-bond acceptors (Lipinski definition) is 4. The molecule has 1 aromatic heterocycles. The molecular formula is C16H16FN3O2. The molecule has 0 radical (unpaired) electrons. The summed E-state index contributed by atoms with van der Waals surface area (Å²) in [5, 5.41) is 5.31. The fourth-order valence-electron chi connectivity index (χ4n) is 2.24. The molecule has 3 aromatic rings. The van der Waals surface area contributed by atoms with E-state index in [9.17, 15) is 4.39 Å². The number of ether oxygens (including phenoxy) is 1. The summed E-state index contributed by atoms with van der Waals surface area (Å²) in [5.74, 6) is -0.289. The lowest BCUT2D eigenvalue weighted by molar-refractivity contribution is 0.0466. The number of benzene rings is 2. The van der Waals surface area contributed by atoms with Crippen molar-refractivity contribution in [2.45, 2.75) is 0 Å². The second kappa shape index (κ2) is 6.03. The molecule has 0 aliphatic carbocycles. The number of fused-ring (bicyclic) bond motifs is 1. The molecule has 0 unspecified atom stereocenters. The number of rotatable bonds is 5. The lowest BCUT2D eigenvalue weighted by Crippen LogP contribution is -2.17. The fourth-order valence-corrected chi connectivity index (χ4v) is 2.24. The molecule has 22 heavy (non-hydrogen) atoms. The van der Waals surface area contributed by atoms with Crippen LogP contribution in [0.1, 0.15) is 0 Å². The van der Waals surface area contributed by atoms with Gasteiger partial charge in [0.05, 0.1) is 6.61 Å². The fraction of sp³-hybridized carbons (Fsp3) is 0.188. The van der Waals surface area contributed by atoms with Crippen molar-refractivity contribution < 1.29 is 14.0 Å². The molecule has 0 saturated carbocycles. The van der Waals surface area contributed by atoms with Gasteiger partial charge in [-0.25, -0.2) is 4.39 Å². The number of halogens is 1. The van der Waals surface area contributed by atoms with Crippen LogP contribution >= 0.6 is 0 Å². The maximum absolute atomic E-state index is 13.1. The quantitative estimate of drug-likeness (QED) is 0.581. The zero-order chi connectivity index (χ0) is 15.5. The lowest BCUT2D eigenvalue weighted by atomic mass is 10.1. The molecule has 0 atom stereocenters. The van der Waals surface area contributed by atoms with Crippen molar-refractivity contribution in [1.29, 1.82) is 0 Å². The van der Waals surface area contributed by atoms with E-state index in [2.05, 4.69) is 5.10 Å². The van der Waals surface area contributed by atoms with E-state index in [4.69, 9.17) is 15.3 Å². The van der Waals surface area contributed by atoms with Gasteiger partial charge in [0, 0.05) is 23.7 Å². The highest BCUT2D eigenvalue weighted by Crippen LogP contribution is 2.29. The van der Waals surface area contributed by atoms with Gasteiger partial charge in [0.2, 0.25) is 0 Å². The van der Waals surface area contributed by atoms with Crippen molar-refractivity contribution in [3.8, 4) is 11.3 Å². The van der Waals surface area contributed by atoms with Crippen molar-refractivity contribution in [3.63, 3.8) is 0 Å². The van der Waals surface area contributed by atoms with Gasteiger partial charge in [0.25, 0.3) is 0 Å². The Bertz CT molecular complexity index is 784. The van der Waals surface area contributed by atoms with Crippen molar-refractivity contribution in [2.24, 2.45) is 0 Å². The predicted octanol–water partition coefficient (Wildman–Crippen LogP) is 2.50. The molecule has 1 heterocycles. The van der Waals surface area contributed by atoms with Gasteiger partial charge in [-0.15, -0.1) is 5.10 Å². The van der Waals surface area contributed by atoms with Gasteiger partial charge >= 0.3 is 0 Å². The van der Waals surface area contributed by atoms with Gasteiger partial charge in [-0.1, -0.05) is 4.85 Å². The van der Waals surface area contributed by atoms with Crippen LogP contribution in [0.3, 0.4) is 0 Å². The third-order valence-electron chi connectivity index (χ3n) is 3.29. The van der Waals surface area contributed by atoms with Crippen molar-refractivity contribution in [3.05, 3.63) is 48.3 Å². The standard InChI is InChI=1S/C16H16FN3O2/c1-21-8-9-22-20-15-7-6-13(18)10-14(15)16(19-20)11-2-4-12(17)5-3-11/h2-7,10H,8-9,18H2,1H3. The smallest absolute Gasteiger partial charge is 0.140 e. The molecule has 0 aliphatic rings. The molecule has 3 rings (SSSR count). The molecule has 0 spiro atoms. The molecule has 0 aliphatic heterocycles. The second-order valence-electron chi connectivity index (χ2n) is 4.83. The first-order chi connectivity index (χ1) is 10.7. The first-order valence-corrected chi connectivity index (χ1v) is 6.85. The largest absolute Gasteiger partial charge is 0.399 e. The topological polar surface area (TPSA) is 62.3 Å². The molecule has 2 aromatic carbocycles. The van der Waals surface area contributed by atoms with Crippen LogP contribution in [-0.2, 0) is 4.74 Å². The van der Waals surface area contributed by atoms with Crippen molar-refractivity contribution in [1.82, 2.24) is 9.94 Å². The van der Waals surface area contributed by atoms with Crippen LogP contribution in [-0.4, -0.2) is 30.3 Å². The van der Waals surface area contributed by atoms with E-state index in [1.54, 1.807) is 25.3 Å². The minimum absolute atomic E-state index is 0.289. The van der Waals surface area contributed by atoms with Crippen LogP contribution in [0, 0.1) is 5.82 Å². The Balaban J connectivity index is 2.08. The number of methoxy groups -OCH3 is 1. The van der Waals surface area contributed by atoms with Gasteiger partial charge < -0.3 is 15.3 Å². The summed E-state index contributed by atoms with van der Waals surface area (Å²) in [7, 11) is 1.61. The highest BCUT2D eigenvalue weighted by atomic mass is 19.1. The normalized spacial score (nSPS) is 11.0. The second-order valence-corrected chi connectivity index (χ2v) is 4.83. The van der Waals surface area contributed by atoms with Crippen molar-refractivity contribution in [2.75, 3.05) is 26.1 Å².